The van der Waals surface area contributed by atoms with Gasteiger partial charge in [0.2, 0.25) is 18.1 Å². The zero-order valence-electron chi connectivity index (χ0n) is 82.0. The van der Waals surface area contributed by atoms with Gasteiger partial charge in [-0.25, -0.2) is 28.8 Å². The van der Waals surface area contributed by atoms with Gasteiger partial charge in [-0.2, -0.15) is 0 Å². The largest absolute Gasteiger partial charge is 0.550 e. The number of nitrogens with zero attached hydrogens (tertiary/aromatic N) is 5. The monoisotopic (exact) mass is 2080 g/mol. The maximum atomic E-state index is 13.1. The molecule has 0 aliphatic carbocycles. The smallest absolute Gasteiger partial charge is 0.411 e. The van der Waals surface area contributed by atoms with Crippen molar-refractivity contribution in [2.75, 3.05) is 6.61 Å². The van der Waals surface area contributed by atoms with Crippen molar-refractivity contribution in [2.24, 2.45) is 43.0 Å². The van der Waals surface area contributed by atoms with Crippen molar-refractivity contribution in [3.8, 4) is 0 Å². The van der Waals surface area contributed by atoms with Gasteiger partial charge in [-0.1, -0.05) is 148 Å². The second-order valence-electron chi connectivity index (χ2n) is 34.7. The van der Waals surface area contributed by atoms with Gasteiger partial charge in [0.1, 0.15) is 31.9 Å². The summed E-state index contributed by atoms with van der Waals surface area (Å²) in [6.45, 7) is 34.2. The summed E-state index contributed by atoms with van der Waals surface area (Å²) in [5.74, 6) is -8.13. The number of carbonyl (C=O) groups excluding carboxylic acids is 15. The molecule has 6 amide bonds. The van der Waals surface area contributed by atoms with E-state index in [0.717, 1.165) is 53.7 Å². The van der Waals surface area contributed by atoms with Crippen LogP contribution in [0.4, 0.5) is 4.79 Å². The highest BCUT2D eigenvalue weighted by Crippen LogP contribution is 2.27. The SMILES string of the molecule is CC(=O)N[C@H](Cc1c[nH]c2ccccc12)C(=O)N[C@H](C(=O)OC(C)C)[C@@H]1CC(Cl)=NO1.CC(=O)[O-].CC(=O)[O-].CC(=O)[O-].CC(C)C[C@@H]([NH3+])C(=O)N[C@H](C(=O)OC(C)C)[C@@H]1CC(Cl)=NO1.CC(C)OC(=O)[C@@H](NC(=O)OC(C)OC(=O)C(C)(C)C)[C@@H]1CC(Cl)=NO1.CC(C)OC(=O)[C@@H](NC(=O)[C@H]([NH3+])Cc1c[nH]c2ccccc12)[C@@H]1CC(Cl)=NO1.CCOC(=O)[C@@H](NC(=O)[C@H]([NH3+])CC(C)C)[C@@H]1CC(Cl)=NO1. The lowest BCUT2D eigenvalue weighted by Gasteiger charge is -2.25. The third kappa shape index (κ3) is 48.3. The van der Waals surface area contributed by atoms with Crippen LogP contribution in [0.5, 0.6) is 0 Å². The average molecular weight is 2080 g/mol. The average Bonchev–Trinajstić information content (AvgIpc) is 1.65. The maximum Gasteiger partial charge on any atom is 0.411 e. The van der Waals surface area contributed by atoms with Crippen LogP contribution in [0.2, 0.25) is 0 Å². The van der Waals surface area contributed by atoms with Gasteiger partial charge >= 0.3 is 41.9 Å². The van der Waals surface area contributed by atoms with Crippen molar-refractivity contribution >= 4 is 195 Å². The maximum absolute atomic E-state index is 13.1. The van der Waals surface area contributed by atoms with E-state index >= 15 is 0 Å². The number of hydrogen-bond donors (Lipinski definition) is 11. The zero-order chi connectivity index (χ0) is 106. The topological polar surface area (TPSA) is 684 Å². The molecule has 17 N–H and O–H groups in total. The van der Waals surface area contributed by atoms with Gasteiger partial charge in [-0.3, -0.25) is 28.8 Å². The summed E-state index contributed by atoms with van der Waals surface area (Å²) in [5, 5.41) is 63.5. The summed E-state index contributed by atoms with van der Waals surface area (Å²) < 4.78 is 35.7. The number of fused-ring (bicyclic) bond motifs is 2. The number of amides is 6. The zero-order valence-corrected chi connectivity index (χ0v) is 85.7. The molecule has 1 unspecified atom stereocenters. The number of carboxylic acid groups (broad SMARTS) is 3. The van der Waals surface area contributed by atoms with Crippen molar-refractivity contribution in [2.45, 2.75) is 319 Å². The van der Waals surface area contributed by atoms with Crippen LogP contribution < -0.4 is 64.4 Å². The molecule has 140 heavy (non-hydrogen) atoms. The van der Waals surface area contributed by atoms with Crippen LogP contribution in [0.25, 0.3) is 21.8 Å². The van der Waals surface area contributed by atoms with E-state index in [-0.39, 0.29) is 113 Å². The molecule has 5 aliphatic heterocycles. The second kappa shape index (κ2) is 62.3. The summed E-state index contributed by atoms with van der Waals surface area (Å²) >= 11 is 29.0. The number of ether oxygens (including phenoxy) is 7. The standard InChI is InChI=1S/C21H25ClN4O5.C19H23ClN4O4.C16H25ClN2O7.C14H24ClN3O4.C13H22ClN3O4.3C2H4O2/c1-11(2)30-21(29)19(17-9-18(22)26-31-17)25-20(28)16(24-12(3)27)8-13-10-23-15-7-5-4-6-14(13)15;1-10(2)27-19(26)17(15-8-16(20)24-28-15)23-18(25)13(21)7-11-9-22-14-6-4-3-5-12(11)14;1-8(2)23-13(20)12(10-7-11(17)19-26-10)18-15(22)25-9(3)24-14(21)16(4,5)6;1-7(2)5-9(16)13(19)17-12(14(20)21-8(3)4)10-6-11(15)18-22-10;1-4-20-13(19)11(9-6-10(14)17-21-9)16-12(18)8(15)5-7(2)3;3*1-2(3)4/h4-7,10-11,16-17,19,23H,8-9H2,1-3H3,(H,24,27)(H,25,28);3-6,9-10,13,15,17,22H,7-8,21H2,1-2H3,(H,23,25);8-10,12H,7H2,1-6H3,(H,18,22);7-10,12H,5-6,16H2,1-4H3,(H,17,19);7-9,11H,4-6,15H2,1-3H3,(H,16,18);3*1H3,(H,3,4)/t16-,17+,19+;13-,15+,17+;9?,10-,12-;9-,10+,12+;8-,9+,11+;;;/m11011.../s1. The predicted molar refractivity (Wildman–Crippen MR) is 504 cm³/mol. The van der Waals surface area contributed by atoms with E-state index in [1.807, 2.05) is 82.4 Å². The number of alkyl carbamates (subject to hydrolysis) is 1. The molecule has 0 spiro atoms. The Morgan fingerprint density at radius 2 is 0.686 bits per heavy atom. The number of carboxylic acids is 3. The second-order valence-corrected chi connectivity index (χ2v) is 36.9. The van der Waals surface area contributed by atoms with Gasteiger partial charge in [0.05, 0.1) is 36.4 Å². The number of halogens is 5. The summed E-state index contributed by atoms with van der Waals surface area (Å²) in [6.07, 6.45) is -0.556. The first-order valence-electron chi connectivity index (χ1n) is 44.4. The molecule has 51 heteroatoms. The summed E-state index contributed by atoms with van der Waals surface area (Å²) in [6, 6.07) is 7.86. The Morgan fingerprint density at radius 3 is 0.957 bits per heavy atom. The molecular weight excluding hydrogens is 1950 g/mol. The van der Waals surface area contributed by atoms with Gasteiger partial charge < -0.3 is 146 Å². The Bertz CT molecular complexity index is 4900. The molecule has 46 nitrogen and oxygen atoms in total. The molecule has 9 rings (SSSR count). The number of benzene rings is 2. The Kier molecular flexibility index (Phi) is 55.2. The number of para-hydroxylation sites is 2. The predicted octanol–water partition coefficient (Wildman–Crippen LogP) is 2.12. The third-order valence-corrected chi connectivity index (χ3v) is 19.4. The third-order valence-electron chi connectivity index (χ3n) is 18.3. The lowest BCUT2D eigenvalue weighted by molar-refractivity contribution is -0.407. The number of H-pyrrole nitrogens is 2. The number of aromatic amines is 2. The highest BCUT2D eigenvalue weighted by molar-refractivity contribution is 6.67. The molecular formula is C89H131Cl5N16O30. The summed E-state index contributed by atoms with van der Waals surface area (Å²) in [5.41, 5.74) is 14.6. The highest BCUT2D eigenvalue weighted by atomic mass is 35.5. The van der Waals surface area contributed by atoms with E-state index in [2.05, 4.69) is 84.8 Å². The van der Waals surface area contributed by atoms with Crippen LogP contribution in [-0.4, -0.2) is 247 Å². The number of aromatic nitrogens is 2. The van der Waals surface area contributed by atoms with E-state index in [9.17, 15) is 57.5 Å². The van der Waals surface area contributed by atoms with Crippen molar-refractivity contribution < 1.29 is 162 Å². The summed E-state index contributed by atoms with van der Waals surface area (Å²) in [4.78, 5) is 206. The first kappa shape index (κ1) is 124. The quantitative estimate of drug-likeness (QED) is 0.0178. The number of rotatable bonds is 35. The number of aliphatic carboxylic acids is 3. The fraction of sp³-hybridized carbons (Fsp3) is 0.596. The van der Waals surface area contributed by atoms with Crippen LogP contribution in [0, 0.1) is 17.3 Å². The highest BCUT2D eigenvalue weighted by Gasteiger charge is 2.45. The van der Waals surface area contributed by atoms with Crippen molar-refractivity contribution in [1.82, 2.24) is 41.9 Å². The summed E-state index contributed by atoms with van der Waals surface area (Å²) in [7, 11) is 0. The van der Waals surface area contributed by atoms with Crippen molar-refractivity contribution in [3.05, 3.63) is 72.1 Å². The molecule has 5 aliphatic rings. The van der Waals surface area contributed by atoms with E-state index < -0.39 is 168 Å². The first-order valence-corrected chi connectivity index (χ1v) is 46.3. The molecule has 0 fully saturated rings. The van der Waals surface area contributed by atoms with Gasteiger partial charge in [-0.05, 0) is 139 Å². The molecule has 2 aromatic heterocycles. The molecule has 15 atom stereocenters. The van der Waals surface area contributed by atoms with Gasteiger partial charge in [-0.15, -0.1) is 0 Å². The molecule has 0 radical (unpaired) electrons. The van der Waals surface area contributed by atoms with E-state index in [1.165, 1.54) is 13.8 Å². The van der Waals surface area contributed by atoms with E-state index in [0.29, 0.717) is 31.1 Å². The minimum atomic E-state index is -1.18. The van der Waals surface area contributed by atoms with Crippen LogP contribution in [0.1, 0.15) is 201 Å². The number of quaternary nitrogens is 3. The molecule has 2 aromatic carbocycles. The van der Waals surface area contributed by atoms with Gasteiger partial charge in [0.25, 0.3) is 17.7 Å². The van der Waals surface area contributed by atoms with Crippen LogP contribution in [0.15, 0.2) is 86.7 Å². The van der Waals surface area contributed by atoms with Crippen LogP contribution in [0.3, 0.4) is 0 Å². The number of hydrogen-bond acceptors (Lipinski definition) is 35. The number of carbonyl (C=O) groups is 15. The van der Waals surface area contributed by atoms with Gasteiger partial charge in [0.15, 0.2) is 78.9 Å². The normalized spacial score (nSPS) is 17.9. The molecule has 0 bridgehead atoms. The van der Waals surface area contributed by atoms with Crippen molar-refractivity contribution in [1.29, 1.82) is 0 Å². The molecule has 0 saturated heterocycles. The van der Waals surface area contributed by atoms with Crippen LogP contribution in [-0.2, 0) is 137 Å². The fourth-order valence-corrected chi connectivity index (χ4v) is 13.4. The van der Waals surface area contributed by atoms with E-state index in [1.54, 1.807) is 89.3 Å². The number of esters is 6. The van der Waals surface area contributed by atoms with E-state index in [4.69, 9.17) is 145 Å². The van der Waals surface area contributed by atoms with Crippen LogP contribution >= 0.6 is 58.0 Å². The lowest BCUT2D eigenvalue weighted by Crippen LogP contribution is -2.70. The lowest BCUT2D eigenvalue weighted by atomic mass is 9.97. The Labute approximate surface area is 834 Å². The molecule has 4 aromatic rings. The Morgan fingerprint density at radius 1 is 0.407 bits per heavy atom. The molecule has 7 heterocycles. The Hall–Kier alpha value is -12.0. The molecule has 782 valence electrons. The molecule has 0 saturated carbocycles. The fourth-order valence-electron chi connectivity index (χ4n) is 12.4. The first-order chi connectivity index (χ1) is 65.2. The Balaban J connectivity index is 0.000000577. The number of nitrogens with one attached hydrogen (secondary N) is 8. The number of oxime groups is 5. The minimum absolute atomic E-state index is 0.133. The minimum Gasteiger partial charge on any atom is -0.550 e. The van der Waals surface area contributed by atoms with Crippen molar-refractivity contribution in [3.63, 3.8) is 0 Å². The van der Waals surface area contributed by atoms with Gasteiger partial charge in [0, 0.05) is 124 Å².